The van der Waals surface area contributed by atoms with Gasteiger partial charge in [0.15, 0.2) is 0 Å². The largest absolute Gasteiger partial charge is 0.477 e. The van der Waals surface area contributed by atoms with E-state index in [0.29, 0.717) is 35.8 Å². The zero-order valence-corrected chi connectivity index (χ0v) is 18.0. The van der Waals surface area contributed by atoms with E-state index >= 15 is 4.39 Å². The van der Waals surface area contributed by atoms with Crippen molar-refractivity contribution >= 4 is 28.4 Å². The number of nitrogens with zero attached hydrogens (tertiary/aromatic N) is 4. The van der Waals surface area contributed by atoms with Crippen LogP contribution in [0.4, 0.5) is 15.9 Å². The van der Waals surface area contributed by atoms with Crippen molar-refractivity contribution in [2.24, 2.45) is 0 Å². The van der Waals surface area contributed by atoms with Crippen LogP contribution in [0.3, 0.4) is 0 Å². The second kappa shape index (κ2) is 7.70. The molecule has 2 N–H and O–H groups in total. The predicted molar refractivity (Wildman–Crippen MR) is 123 cm³/mol. The summed E-state index contributed by atoms with van der Waals surface area (Å²) in [6, 6.07) is 8.32. The lowest BCUT2D eigenvalue weighted by Gasteiger charge is -2.21. The van der Waals surface area contributed by atoms with E-state index in [-0.39, 0.29) is 5.39 Å². The molecular formula is C24H20FN5O3. The normalized spacial score (nSPS) is 12.8. The number of anilines is 2. The third kappa shape index (κ3) is 3.38. The molecule has 0 saturated carbocycles. The van der Waals surface area contributed by atoms with Crippen LogP contribution < -0.4 is 15.6 Å². The Kier molecular flexibility index (Phi) is 4.81. The molecule has 0 unspecified atom stereocenters. The third-order valence-electron chi connectivity index (χ3n) is 5.93. The predicted octanol–water partition coefficient (Wildman–Crippen LogP) is 3.49. The SMILES string of the molecule is CNc1cc(C)c(-n2cc(C(=O)O)c(=O)c3cc(F)c(N4Cc5cccnc5C4)cc32)cn1. The summed E-state index contributed by atoms with van der Waals surface area (Å²) in [6.45, 7) is 2.78. The number of pyridine rings is 3. The molecule has 0 fully saturated rings. The Morgan fingerprint density at radius 2 is 2.00 bits per heavy atom. The maximum atomic E-state index is 15.2. The maximum absolute atomic E-state index is 15.2. The van der Waals surface area contributed by atoms with Crippen LogP contribution in [0.15, 0.2) is 53.7 Å². The molecule has 0 radical (unpaired) electrons. The van der Waals surface area contributed by atoms with Crippen molar-refractivity contribution in [1.82, 2.24) is 14.5 Å². The van der Waals surface area contributed by atoms with E-state index in [2.05, 4.69) is 15.3 Å². The molecular weight excluding hydrogens is 425 g/mol. The van der Waals surface area contributed by atoms with Crippen LogP contribution in [0, 0.1) is 12.7 Å². The molecule has 1 aromatic carbocycles. The second-order valence-corrected chi connectivity index (χ2v) is 7.94. The molecule has 0 bridgehead atoms. The van der Waals surface area contributed by atoms with Crippen molar-refractivity contribution in [3.63, 3.8) is 0 Å². The third-order valence-corrected chi connectivity index (χ3v) is 5.93. The van der Waals surface area contributed by atoms with Gasteiger partial charge in [0.2, 0.25) is 5.43 Å². The van der Waals surface area contributed by atoms with Crippen LogP contribution in [0.2, 0.25) is 0 Å². The zero-order valence-electron chi connectivity index (χ0n) is 18.0. The number of hydrogen-bond acceptors (Lipinski definition) is 6. The van der Waals surface area contributed by atoms with Crippen LogP contribution in [0.25, 0.3) is 16.6 Å². The summed E-state index contributed by atoms with van der Waals surface area (Å²) < 4.78 is 16.8. The van der Waals surface area contributed by atoms with E-state index < -0.39 is 22.8 Å². The second-order valence-electron chi connectivity index (χ2n) is 7.94. The molecule has 8 nitrogen and oxygen atoms in total. The molecule has 1 aliphatic heterocycles. The molecule has 9 heteroatoms. The average molecular weight is 445 g/mol. The van der Waals surface area contributed by atoms with Gasteiger partial charge >= 0.3 is 5.97 Å². The first kappa shape index (κ1) is 20.6. The van der Waals surface area contributed by atoms with E-state index in [9.17, 15) is 14.7 Å². The highest BCUT2D eigenvalue weighted by Gasteiger charge is 2.25. The first-order valence-corrected chi connectivity index (χ1v) is 10.3. The van der Waals surface area contributed by atoms with Crippen LogP contribution in [0.1, 0.15) is 27.2 Å². The number of nitrogens with one attached hydrogen (secondary N) is 1. The van der Waals surface area contributed by atoms with Gasteiger partial charge in [-0.2, -0.15) is 0 Å². The molecule has 0 atom stereocenters. The number of halogens is 1. The fraction of sp³-hybridized carbons (Fsp3) is 0.167. The minimum absolute atomic E-state index is 0.0110. The molecule has 4 aromatic rings. The Morgan fingerprint density at radius 3 is 2.70 bits per heavy atom. The Morgan fingerprint density at radius 1 is 1.18 bits per heavy atom. The first-order valence-electron chi connectivity index (χ1n) is 10.3. The van der Waals surface area contributed by atoms with Gasteiger partial charge in [-0.25, -0.2) is 14.2 Å². The molecule has 33 heavy (non-hydrogen) atoms. The molecule has 0 spiro atoms. The highest BCUT2D eigenvalue weighted by molar-refractivity contribution is 5.94. The Labute approximate surface area is 188 Å². The van der Waals surface area contributed by atoms with Crippen molar-refractivity contribution in [2.45, 2.75) is 20.0 Å². The van der Waals surface area contributed by atoms with E-state index in [1.54, 1.807) is 30.1 Å². The standard InChI is InChI=1S/C24H20FN5O3/c1-13-6-22(26-2)28-9-21(13)30-11-16(24(32)33)23(31)15-7-17(25)20(8-19(15)30)29-10-14-4-3-5-27-18(14)12-29/h3-9,11H,10,12H2,1-2H3,(H,26,28)(H,32,33). The average Bonchev–Trinajstić information content (AvgIpc) is 3.23. The zero-order chi connectivity index (χ0) is 23.3. The number of aromatic carboxylic acids is 1. The van der Waals surface area contributed by atoms with E-state index in [1.807, 2.05) is 30.0 Å². The van der Waals surface area contributed by atoms with Crippen LogP contribution >= 0.6 is 0 Å². The van der Waals surface area contributed by atoms with Gasteiger partial charge in [0, 0.05) is 31.4 Å². The molecule has 3 aromatic heterocycles. The Hall–Kier alpha value is -4.27. The fourth-order valence-electron chi connectivity index (χ4n) is 4.24. The quantitative estimate of drug-likeness (QED) is 0.496. The van der Waals surface area contributed by atoms with Gasteiger partial charge in [0.1, 0.15) is 17.2 Å². The van der Waals surface area contributed by atoms with Crippen LogP contribution in [-0.2, 0) is 13.1 Å². The van der Waals surface area contributed by atoms with Crippen molar-refractivity contribution in [3.05, 3.63) is 87.3 Å². The number of rotatable bonds is 4. The van der Waals surface area contributed by atoms with Crippen molar-refractivity contribution in [2.75, 3.05) is 17.3 Å². The summed E-state index contributed by atoms with van der Waals surface area (Å²) in [5, 5.41) is 12.5. The van der Waals surface area contributed by atoms with Gasteiger partial charge in [0.25, 0.3) is 0 Å². The molecule has 1 aliphatic rings. The van der Waals surface area contributed by atoms with Gasteiger partial charge in [-0.1, -0.05) is 6.07 Å². The lowest BCUT2D eigenvalue weighted by atomic mass is 10.1. The number of hydrogen-bond donors (Lipinski definition) is 2. The lowest BCUT2D eigenvalue weighted by molar-refractivity contribution is 0.0695. The van der Waals surface area contributed by atoms with E-state index in [1.165, 1.54) is 6.20 Å². The van der Waals surface area contributed by atoms with Crippen LogP contribution in [-0.4, -0.2) is 32.7 Å². The van der Waals surface area contributed by atoms with Gasteiger partial charge in [-0.3, -0.25) is 9.78 Å². The van der Waals surface area contributed by atoms with Crippen molar-refractivity contribution in [3.8, 4) is 5.69 Å². The monoisotopic (exact) mass is 445 g/mol. The Bertz CT molecular complexity index is 1470. The van der Waals surface area contributed by atoms with Crippen molar-refractivity contribution in [1.29, 1.82) is 0 Å². The highest BCUT2D eigenvalue weighted by atomic mass is 19.1. The highest BCUT2D eigenvalue weighted by Crippen LogP contribution is 2.32. The molecule has 5 rings (SSSR count). The summed E-state index contributed by atoms with van der Waals surface area (Å²) >= 11 is 0. The summed E-state index contributed by atoms with van der Waals surface area (Å²) in [5.74, 6) is -1.32. The summed E-state index contributed by atoms with van der Waals surface area (Å²) in [5.41, 5.74) is 2.82. The number of aromatic nitrogens is 3. The van der Waals surface area contributed by atoms with Crippen LogP contribution in [0.5, 0.6) is 0 Å². The van der Waals surface area contributed by atoms with Gasteiger partial charge in [-0.15, -0.1) is 0 Å². The van der Waals surface area contributed by atoms with E-state index in [4.69, 9.17) is 0 Å². The summed E-state index contributed by atoms with van der Waals surface area (Å²) in [7, 11) is 1.75. The number of carboxylic acid groups (broad SMARTS) is 1. The lowest BCUT2D eigenvalue weighted by Crippen LogP contribution is -2.21. The summed E-state index contributed by atoms with van der Waals surface area (Å²) in [4.78, 5) is 35.2. The topological polar surface area (TPSA) is 100 Å². The van der Waals surface area contributed by atoms with Gasteiger partial charge < -0.3 is 19.9 Å². The molecule has 0 amide bonds. The molecule has 0 saturated heterocycles. The Balaban J connectivity index is 1.75. The first-order chi connectivity index (χ1) is 15.9. The van der Waals surface area contributed by atoms with Gasteiger partial charge in [0.05, 0.1) is 35.3 Å². The smallest absolute Gasteiger partial charge is 0.341 e. The van der Waals surface area contributed by atoms with Gasteiger partial charge in [-0.05, 0) is 42.3 Å². The number of benzene rings is 1. The van der Waals surface area contributed by atoms with E-state index in [0.717, 1.165) is 22.9 Å². The molecule has 166 valence electrons. The molecule has 4 heterocycles. The summed E-state index contributed by atoms with van der Waals surface area (Å²) in [6.07, 6.45) is 4.57. The number of fused-ring (bicyclic) bond motifs is 2. The minimum Gasteiger partial charge on any atom is -0.477 e. The maximum Gasteiger partial charge on any atom is 0.341 e. The fourth-order valence-corrected chi connectivity index (χ4v) is 4.24. The number of carbonyl (C=O) groups is 1. The number of aryl methyl sites for hydroxylation is 1. The minimum atomic E-state index is -1.38. The number of carboxylic acids is 1. The molecule has 0 aliphatic carbocycles. The van der Waals surface area contributed by atoms with Crippen molar-refractivity contribution < 1.29 is 14.3 Å².